The second kappa shape index (κ2) is 11.0. The van der Waals surface area contributed by atoms with Crippen molar-refractivity contribution in [3.8, 4) is 0 Å². The molecule has 2 unspecified atom stereocenters. The molecule has 1 aliphatic rings. The quantitative estimate of drug-likeness (QED) is 0.578. The fourth-order valence-electron chi connectivity index (χ4n) is 3.99. The fraction of sp³-hybridized carbons (Fsp3) is 0.417. The Hall–Kier alpha value is -2.02. The van der Waals surface area contributed by atoms with Crippen LogP contribution in [0.4, 0.5) is 5.69 Å². The molecule has 1 aliphatic heterocycles. The van der Waals surface area contributed by atoms with Crippen molar-refractivity contribution < 1.29 is 9.59 Å². The molecule has 2 N–H and O–H groups in total. The topological polar surface area (TPSA) is 61.4 Å². The maximum absolute atomic E-state index is 12.7. The molecule has 2 aromatic rings. The van der Waals surface area contributed by atoms with Gasteiger partial charge in [-0.25, -0.2) is 0 Å². The van der Waals surface area contributed by atoms with E-state index in [-0.39, 0.29) is 11.8 Å². The Morgan fingerprint density at radius 1 is 1.10 bits per heavy atom. The summed E-state index contributed by atoms with van der Waals surface area (Å²) in [6.45, 7) is 7.42. The fourth-order valence-corrected chi connectivity index (χ4v) is 5.00. The number of benzene rings is 2. The number of likely N-dealkylation sites (tertiary alicyclic amines) is 1. The smallest absolute Gasteiger partial charge is 0.251 e. The number of amides is 2. The molecular weight excluding hydrogens is 430 g/mol. The first kappa shape index (κ1) is 23.6. The minimum atomic E-state index is -0.177. The highest BCUT2D eigenvalue weighted by molar-refractivity contribution is 7.99. The third-order valence-electron chi connectivity index (χ3n) is 5.63. The van der Waals surface area contributed by atoms with Gasteiger partial charge in [-0.1, -0.05) is 29.8 Å². The van der Waals surface area contributed by atoms with E-state index >= 15 is 0 Å². The summed E-state index contributed by atoms with van der Waals surface area (Å²) in [5.41, 5.74) is 1.15. The number of rotatable bonds is 7. The summed E-state index contributed by atoms with van der Waals surface area (Å²) < 4.78 is 0. The number of carbonyl (C=O) groups excluding carboxylic acids is 2. The van der Waals surface area contributed by atoms with Gasteiger partial charge in [0.05, 0.1) is 5.69 Å². The zero-order chi connectivity index (χ0) is 22.4. The van der Waals surface area contributed by atoms with E-state index in [9.17, 15) is 9.59 Å². The van der Waals surface area contributed by atoms with Crippen LogP contribution in [0.1, 0.15) is 50.4 Å². The van der Waals surface area contributed by atoms with Crippen molar-refractivity contribution >= 4 is 40.9 Å². The number of hydrogen-bond donors (Lipinski definition) is 2. The molecule has 166 valence electrons. The second-order valence-corrected chi connectivity index (χ2v) is 9.62. The van der Waals surface area contributed by atoms with Crippen molar-refractivity contribution in [2.45, 2.75) is 61.9 Å². The lowest BCUT2D eigenvalue weighted by molar-refractivity contribution is -0.114. The van der Waals surface area contributed by atoms with Gasteiger partial charge < -0.3 is 10.6 Å². The van der Waals surface area contributed by atoms with Crippen molar-refractivity contribution in [2.75, 3.05) is 18.4 Å². The van der Waals surface area contributed by atoms with Crippen LogP contribution in [0.2, 0.25) is 5.02 Å². The first-order valence-corrected chi connectivity index (χ1v) is 11.9. The monoisotopic (exact) mass is 459 g/mol. The van der Waals surface area contributed by atoms with Crippen LogP contribution in [0.25, 0.3) is 0 Å². The third-order valence-corrected chi connectivity index (χ3v) is 6.96. The maximum Gasteiger partial charge on any atom is 0.251 e. The first-order chi connectivity index (χ1) is 14.8. The molecule has 0 aliphatic carbocycles. The second-order valence-electron chi connectivity index (χ2n) is 8.07. The van der Waals surface area contributed by atoms with Gasteiger partial charge in [0.15, 0.2) is 0 Å². The molecule has 0 radical (unpaired) electrons. The van der Waals surface area contributed by atoms with Crippen molar-refractivity contribution in [3.63, 3.8) is 0 Å². The number of halogens is 1. The standard InChI is InChI=1S/C24H30ClN3O2S/c1-16-5-4-6-17(2)28(16)14-13-26-24(30)19-7-12-23(22(15-19)27-18(3)29)31-21-10-8-20(25)9-11-21/h7-12,15-17H,4-6,13-14H2,1-3H3,(H,26,30)(H,27,29). The molecule has 3 rings (SSSR count). The molecule has 7 heteroatoms. The summed E-state index contributed by atoms with van der Waals surface area (Å²) in [4.78, 5) is 28.8. The van der Waals surface area contributed by atoms with Gasteiger partial charge in [-0.05, 0) is 69.2 Å². The third kappa shape index (κ3) is 6.73. The van der Waals surface area contributed by atoms with Crippen LogP contribution in [0.5, 0.6) is 0 Å². The van der Waals surface area contributed by atoms with Crippen LogP contribution >= 0.6 is 23.4 Å². The highest BCUT2D eigenvalue weighted by Gasteiger charge is 2.24. The van der Waals surface area contributed by atoms with Crippen LogP contribution < -0.4 is 10.6 Å². The average molecular weight is 460 g/mol. The lowest BCUT2D eigenvalue weighted by atomic mass is 9.98. The Morgan fingerprint density at radius 3 is 2.42 bits per heavy atom. The number of nitrogens with zero attached hydrogens (tertiary/aromatic N) is 1. The van der Waals surface area contributed by atoms with E-state index < -0.39 is 0 Å². The van der Waals surface area contributed by atoms with E-state index in [1.54, 1.807) is 12.1 Å². The summed E-state index contributed by atoms with van der Waals surface area (Å²) in [5, 5.41) is 6.55. The molecule has 0 bridgehead atoms. The van der Waals surface area contributed by atoms with Gasteiger partial charge in [-0.15, -0.1) is 0 Å². The Bertz CT molecular complexity index is 910. The molecule has 5 nitrogen and oxygen atoms in total. The molecule has 2 atom stereocenters. The maximum atomic E-state index is 12.7. The Balaban J connectivity index is 1.66. The molecular formula is C24H30ClN3O2S. The molecule has 1 heterocycles. The van der Waals surface area contributed by atoms with Gasteiger partial charge in [-0.2, -0.15) is 0 Å². The first-order valence-electron chi connectivity index (χ1n) is 10.7. The van der Waals surface area contributed by atoms with Gasteiger partial charge in [0, 0.05) is 52.5 Å². The van der Waals surface area contributed by atoms with Crippen molar-refractivity contribution in [2.24, 2.45) is 0 Å². The van der Waals surface area contributed by atoms with E-state index in [0.717, 1.165) is 16.3 Å². The molecule has 31 heavy (non-hydrogen) atoms. The molecule has 2 aromatic carbocycles. The molecule has 2 amide bonds. The van der Waals surface area contributed by atoms with Gasteiger partial charge in [0.1, 0.15) is 0 Å². The number of carbonyl (C=O) groups is 2. The summed E-state index contributed by atoms with van der Waals surface area (Å²) in [6, 6.07) is 14.0. The Labute approximate surface area is 193 Å². The van der Waals surface area contributed by atoms with E-state index in [0.29, 0.717) is 34.9 Å². The number of nitrogens with one attached hydrogen (secondary N) is 2. The SMILES string of the molecule is CC(=O)Nc1cc(C(=O)NCCN2C(C)CCCC2C)ccc1Sc1ccc(Cl)cc1. The zero-order valence-corrected chi connectivity index (χ0v) is 19.9. The summed E-state index contributed by atoms with van der Waals surface area (Å²) in [5.74, 6) is -0.310. The minimum absolute atomic E-state index is 0.132. The van der Waals surface area contributed by atoms with Crippen molar-refractivity contribution in [1.82, 2.24) is 10.2 Å². The van der Waals surface area contributed by atoms with Gasteiger partial charge in [0.25, 0.3) is 5.91 Å². The van der Waals surface area contributed by atoms with Crippen LogP contribution in [-0.4, -0.2) is 41.9 Å². The number of anilines is 1. The molecule has 0 saturated carbocycles. The summed E-state index contributed by atoms with van der Waals surface area (Å²) >= 11 is 7.47. The van der Waals surface area contributed by atoms with Crippen LogP contribution in [0, 0.1) is 0 Å². The normalized spacial score (nSPS) is 19.1. The van der Waals surface area contributed by atoms with Gasteiger partial charge >= 0.3 is 0 Å². The lowest BCUT2D eigenvalue weighted by Crippen LogP contribution is -2.47. The van der Waals surface area contributed by atoms with Crippen molar-refractivity contribution in [1.29, 1.82) is 0 Å². The Kier molecular flexibility index (Phi) is 8.41. The largest absolute Gasteiger partial charge is 0.351 e. The average Bonchev–Trinajstić information content (AvgIpc) is 2.72. The number of piperidine rings is 1. The molecule has 0 aromatic heterocycles. The molecule has 1 fully saturated rings. The predicted octanol–water partition coefficient (Wildman–Crippen LogP) is 5.44. The Morgan fingerprint density at radius 2 is 1.77 bits per heavy atom. The van der Waals surface area contributed by atoms with Gasteiger partial charge in [0.2, 0.25) is 5.91 Å². The number of hydrogen-bond acceptors (Lipinski definition) is 4. The summed E-state index contributed by atoms with van der Waals surface area (Å²) in [7, 11) is 0. The van der Waals surface area contributed by atoms with E-state index in [1.807, 2.05) is 30.3 Å². The van der Waals surface area contributed by atoms with E-state index in [4.69, 9.17) is 11.6 Å². The highest BCUT2D eigenvalue weighted by Crippen LogP contribution is 2.34. The predicted molar refractivity (Wildman–Crippen MR) is 128 cm³/mol. The van der Waals surface area contributed by atoms with Crippen LogP contribution in [0.3, 0.4) is 0 Å². The highest BCUT2D eigenvalue weighted by atomic mass is 35.5. The summed E-state index contributed by atoms with van der Waals surface area (Å²) in [6.07, 6.45) is 3.70. The molecule has 1 saturated heterocycles. The van der Waals surface area contributed by atoms with E-state index in [1.165, 1.54) is 37.9 Å². The molecule has 0 spiro atoms. The van der Waals surface area contributed by atoms with Crippen LogP contribution in [-0.2, 0) is 4.79 Å². The van der Waals surface area contributed by atoms with Gasteiger partial charge in [-0.3, -0.25) is 14.5 Å². The van der Waals surface area contributed by atoms with E-state index in [2.05, 4.69) is 29.4 Å². The van der Waals surface area contributed by atoms with Crippen LogP contribution in [0.15, 0.2) is 52.3 Å². The minimum Gasteiger partial charge on any atom is -0.351 e. The zero-order valence-electron chi connectivity index (χ0n) is 18.3. The van der Waals surface area contributed by atoms with Crippen molar-refractivity contribution in [3.05, 3.63) is 53.1 Å². The lowest BCUT2D eigenvalue weighted by Gasteiger charge is -2.39.